The molecule has 1 aromatic rings. The molecule has 106 valence electrons. The van der Waals surface area contributed by atoms with Crippen molar-refractivity contribution in [3.63, 3.8) is 0 Å². The van der Waals surface area contributed by atoms with E-state index in [1.807, 2.05) is 19.1 Å². The van der Waals surface area contributed by atoms with Crippen LogP contribution in [0.4, 0.5) is 4.39 Å². The quantitative estimate of drug-likeness (QED) is 0.855. The first-order valence-electron chi connectivity index (χ1n) is 6.54. The Morgan fingerprint density at radius 1 is 1.42 bits per heavy atom. The van der Waals surface area contributed by atoms with Crippen LogP contribution >= 0.6 is 12.4 Å². The molecule has 0 aromatic heterocycles. The summed E-state index contributed by atoms with van der Waals surface area (Å²) >= 11 is 0. The first-order chi connectivity index (χ1) is 8.74. The minimum absolute atomic E-state index is 0. The summed E-state index contributed by atoms with van der Waals surface area (Å²) in [5.74, 6) is -0.114. The first-order valence-corrected chi connectivity index (χ1v) is 6.54. The van der Waals surface area contributed by atoms with Crippen LogP contribution in [0.1, 0.15) is 23.6 Å². The summed E-state index contributed by atoms with van der Waals surface area (Å²) in [7, 11) is 0. The summed E-state index contributed by atoms with van der Waals surface area (Å²) in [6.45, 7) is 9.72. The zero-order chi connectivity index (χ0) is 13.0. The standard InChI is InChI=1S/C15H21FN2.ClH/c1-3-5-15(18-10-8-17-9-11-18)13-6-4-7-14(16)12(13)2;/h3-4,6-7,15,17H,1,5,8-11H2,2H3;1H/t15-;/m1./s1. The summed E-state index contributed by atoms with van der Waals surface area (Å²) in [6, 6.07) is 5.62. The van der Waals surface area contributed by atoms with Crippen LogP contribution in [0.25, 0.3) is 0 Å². The van der Waals surface area contributed by atoms with Crippen LogP contribution in [0.15, 0.2) is 30.9 Å². The molecule has 0 spiro atoms. The number of hydrogen-bond donors (Lipinski definition) is 1. The van der Waals surface area contributed by atoms with Crippen molar-refractivity contribution in [3.05, 3.63) is 47.8 Å². The number of halogens is 2. The lowest BCUT2D eigenvalue weighted by Gasteiger charge is -2.35. The topological polar surface area (TPSA) is 15.3 Å². The SMILES string of the molecule is C=CC[C@H](c1cccc(F)c1C)N1CCNCC1.Cl. The molecule has 1 aliphatic rings. The molecule has 1 aromatic carbocycles. The second-order valence-electron chi connectivity index (χ2n) is 4.78. The van der Waals surface area contributed by atoms with Gasteiger partial charge in [-0.2, -0.15) is 0 Å². The fourth-order valence-electron chi connectivity index (χ4n) is 2.61. The molecule has 0 radical (unpaired) electrons. The third-order valence-corrected chi connectivity index (χ3v) is 3.65. The van der Waals surface area contributed by atoms with E-state index >= 15 is 0 Å². The predicted octanol–water partition coefficient (Wildman–Crippen LogP) is 3.08. The van der Waals surface area contributed by atoms with Crippen LogP contribution in [0, 0.1) is 12.7 Å². The average molecular weight is 285 g/mol. The first kappa shape index (κ1) is 16.2. The molecule has 0 unspecified atom stereocenters. The van der Waals surface area contributed by atoms with Gasteiger partial charge in [-0.15, -0.1) is 19.0 Å². The number of rotatable bonds is 4. The predicted molar refractivity (Wildman–Crippen MR) is 80.4 cm³/mol. The maximum atomic E-state index is 13.7. The van der Waals surface area contributed by atoms with Gasteiger partial charge in [-0.25, -0.2) is 4.39 Å². The Bertz CT molecular complexity index is 417. The molecule has 0 bridgehead atoms. The van der Waals surface area contributed by atoms with Gasteiger partial charge in [0.2, 0.25) is 0 Å². The minimum atomic E-state index is -0.114. The molecule has 19 heavy (non-hydrogen) atoms. The number of nitrogens with one attached hydrogen (secondary N) is 1. The smallest absolute Gasteiger partial charge is 0.126 e. The van der Waals surface area contributed by atoms with Crippen LogP contribution in [0.5, 0.6) is 0 Å². The highest BCUT2D eigenvalue weighted by molar-refractivity contribution is 5.85. The van der Waals surface area contributed by atoms with Gasteiger partial charge in [0.1, 0.15) is 5.82 Å². The van der Waals surface area contributed by atoms with Crippen molar-refractivity contribution in [3.8, 4) is 0 Å². The van der Waals surface area contributed by atoms with Gasteiger partial charge in [0.05, 0.1) is 0 Å². The molecule has 2 rings (SSSR count). The monoisotopic (exact) mass is 284 g/mol. The van der Waals surface area contributed by atoms with E-state index < -0.39 is 0 Å². The molecule has 0 amide bonds. The van der Waals surface area contributed by atoms with Crippen LogP contribution < -0.4 is 5.32 Å². The molecule has 4 heteroatoms. The maximum Gasteiger partial charge on any atom is 0.126 e. The van der Waals surface area contributed by atoms with Crippen molar-refractivity contribution in [1.29, 1.82) is 0 Å². The van der Waals surface area contributed by atoms with E-state index in [1.54, 1.807) is 6.07 Å². The largest absolute Gasteiger partial charge is 0.314 e. The number of piperazine rings is 1. The van der Waals surface area contributed by atoms with Gasteiger partial charge in [0, 0.05) is 32.2 Å². The third kappa shape index (κ3) is 3.78. The van der Waals surface area contributed by atoms with E-state index in [-0.39, 0.29) is 24.3 Å². The van der Waals surface area contributed by atoms with Crippen molar-refractivity contribution in [2.75, 3.05) is 26.2 Å². The Morgan fingerprint density at radius 3 is 2.74 bits per heavy atom. The van der Waals surface area contributed by atoms with Crippen molar-refractivity contribution in [2.45, 2.75) is 19.4 Å². The van der Waals surface area contributed by atoms with Crippen molar-refractivity contribution in [1.82, 2.24) is 10.2 Å². The number of nitrogens with zero attached hydrogens (tertiary/aromatic N) is 1. The van der Waals surface area contributed by atoms with E-state index in [0.717, 1.165) is 43.7 Å². The zero-order valence-electron chi connectivity index (χ0n) is 11.4. The fourth-order valence-corrected chi connectivity index (χ4v) is 2.61. The minimum Gasteiger partial charge on any atom is -0.314 e. The summed E-state index contributed by atoms with van der Waals surface area (Å²) in [5, 5.41) is 3.35. The zero-order valence-corrected chi connectivity index (χ0v) is 12.2. The van der Waals surface area contributed by atoms with E-state index in [9.17, 15) is 4.39 Å². The molecule has 1 saturated heterocycles. The lowest BCUT2D eigenvalue weighted by Crippen LogP contribution is -2.45. The van der Waals surface area contributed by atoms with E-state index in [1.165, 1.54) is 6.07 Å². The number of hydrogen-bond acceptors (Lipinski definition) is 2. The maximum absolute atomic E-state index is 13.7. The van der Waals surface area contributed by atoms with Crippen molar-refractivity contribution < 1.29 is 4.39 Å². The summed E-state index contributed by atoms with van der Waals surface area (Å²) in [6.07, 6.45) is 2.79. The highest BCUT2D eigenvalue weighted by atomic mass is 35.5. The second-order valence-corrected chi connectivity index (χ2v) is 4.78. The third-order valence-electron chi connectivity index (χ3n) is 3.65. The van der Waals surface area contributed by atoms with Gasteiger partial charge in [-0.1, -0.05) is 18.2 Å². The van der Waals surface area contributed by atoms with Gasteiger partial charge in [0.25, 0.3) is 0 Å². The Kier molecular flexibility index (Phi) is 6.49. The van der Waals surface area contributed by atoms with E-state index in [4.69, 9.17) is 0 Å². The molecule has 1 heterocycles. The average Bonchev–Trinajstić information content (AvgIpc) is 2.41. The summed E-state index contributed by atoms with van der Waals surface area (Å²) in [4.78, 5) is 2.42. The van der Waals surface area contributed by atoms with Crippen LogP contribution in [-0.4, -0.2) is 31.1 Å². The molecular formula is C15H22ClFN2. The molecule has 1 fully saturated rings. The lowest BCUT2D eigenvalue weighted by molar-refractivity contribution is 0.173. The molecule has 2 nitrogen and oxygen atoms in total. The van der Waals surface area contributed by atoms with Crippen LogP contribution in [0.3, 0.4) is 0 Å². The Labute approximate surface area is 121 Å². The Morgan fingerprint density at radius 2 is 2.11 bits per heavy atom. The lowest BCUT2D eigenvalue weighted by atomic mass is 9.96. The van der Waals surface area contributed by atoms with E-state index in [2.05, 4.69) is 16.8 Å². The van der Waals surface area contributed by atoms with Gasteiger partial charge in [-0.05, 0) is 30.5 Å². The summed E-state index contributed by atoms with van der Waals surface area (Å²) in [5.41, 5.74) is 1.86. The van der Waals surface area contributed by atoms with Crippen LogP contribution in [-0.2, 0) is 0 Å². The molecule has 1 N–H and O–H groups in total. The van der Waals surface area contributed by atoms with Gasteiger partial charge in [-0.3, -0.25) is 4.90 Å². The normalized spacial score (nSPS) is 17.6. The fraction of sp³-hybridized carbons (Fsp3) is 0.467. The molecule has 0 saturated carbocycles. The summed E-state index contributed by atoms with van der Waals surface area (Å²) < 4.78 is 13.7. The van der Waals surface area contributed by atoms with E-state index in [0.29, 0.717) is 0 Å². The highest BCUT2D eigenvalue weighted by Crippen LogP contribution is 2.28. The van der Waals surface area contributed by atoms with Crippen molar-refractivity contribution >= 4 is 12.4 Å². The highest BCUT2D eigenvalue weighted by Gasteiger charge is 2.23. The second kappa shape index (κ2) is 7.63. The molecule has 1 atom stereocenters. The Hall–Kier alpha value is -0.900. The van der Waals surface area contributed by atoms with Gasteiger partial charge in [0.15, 0.2) is 0 Å². The van der Waals surface area contributed by atoms with Gasteiger partial charge < -0.3 is 5.32 Å². The van der Waals surface area contributed by atoms with Crippen LogP contribution in [0.2, 0.25) is 0 Å². The molecule has 1 aliphatic heterocycles. The molecular weight excluding hydrogens is 263 g/mol. The number of benzene rings is 1. The van der Waals surface area contributed by atoms with Crippen molar-refractivity contribution in [2.24, 2.45) is 0 Å². The van der Waals surface area contributed by atoms with Gasteiger partial charge >= 0.3 is 0 Å². The molecule has 0 aliphatic carbocycles. The Balaban J connectivity index is 0.00000180.